The number of benzene rings is 2. The number of halogens is 2. The minimum atomic E-state index is -0.325. The molecule has 0 aliphatic heterocycles. The Hall–Kier alpha value is -1.82. The van der Waals surface area contributed by atoms with Gasteiger partial charge in [-0.15, -0.1) is 0 Å². The fourth-order valence-electron chi connectivity index (χ4n) is 2.04. The summed E-state index contributed by atoms with van der Waals surface area (Å²) in [5.74, 6) is 0.990. The lowest BCUT2D eigenvalue weighted by molar-refractivity contribution is 0.0977. The van der Waals surface area contributed by atoms with Crippen LogP contribution >= 0.6 is 35.4 Å². The van der Waals surface area contributed by atoms with Crippen LogP contribution in [0.3, 0.4) is 0 Å². The molecule has 138 valence electrons. The van der Waals surface area contributed by atoms with Crippen LogP contribution in [0, 0.1) is 5.92 Å². The predicted octanol–water partition coefficient (Wildman–Crippen LogP) is 5.55. The summed E-state index contributed by atoms with van der Waals surface area (Å²) in [6.07, 6.45) is 0.980. The molecule has 0 saturated heterocycles. The van der Waals surface area contributed by atoms with Gasteiger partial charge >= 0.3 is 0 Å². The number of hydrogen-bond acceptors (Lipinski definition) is 3. The van der Waals surface area contributed by atoms with Crippen LogP contribution in [-0.4, -0.2) is 17.6 Å². The molecule has 0 unspecified atom stereocenters. The molecular formula is C19H20Cl2N2O2S. The number of rotatable bonds is 6. The van der Waals surface area contributed by atoms with Crippen molar-refractivity contribution in [2.75, 3.05) is 11.9 Å². The van der Waals surface area contributed by atoms with E-state index in [1.807, 2.05) is 0 Å². The molecule has 0 radical (unpaired) electrons. The first-order valence-electron chi connectivity index (χ1n) is 8.16. The van der Waals surface area contributed by atoms with Crippen LogP contribution in [-0.2, 0) is 0 Å². The lowest BCUT2D eigenvalue weighted by Crippen LogP contribution is -2.34. The van der Waals surface area contributed by atoms with Gasteiger partial charge in [0.1, 0.15) is 5.75 Å². The van der Waals surface area contributed by atoms with Gasteiger partial charge in [0.2, 0.25) is 0 Å². The van der Waals surface area contributed by atoms with E-state index in [1.54, 1.807) is 42.5 Å². The lowest BCUT2D eigenvalue weighted by Gasteiger charge is -2.12. The molecule has 1 amide bonds. The lowest BCUT2D eigenvalue weighted by atomic mass is 10.1. The van der Waals surface area contributed by atoms with Crippen LogP contribution in [0.1, 0.15) is 30.6 Å². The summed E-state index contributed by atoms with van der Waals surface area (Å²) in [7, 11) is 0. The number of amides is 1. The summed E-state index contributed by atoms with van der Waals surface area (Å²) in [6.45, 7) is 4.94. The van der Waals surface area contributed by atoms with Gasteiger partial charge in [-0.05, 0) is 61.0 Å². The number of thiocarbonyl (C=S) groups is 1. The molecule has 0 saturated carbocycles. The minimum absolute atomic E-state index is 0.136. The Morgan fingerprint density at radius 1 is 1.15 bits per heavy atom. The highest BCUT2D eigenvalue weighted by Crippen LogP contribution is 2.29. The molecule has 0 atom stereocenters. The third-order valence-corrected chi connectivity index (χ3v) is 4.53. The Morgan fingerprint density at radius 3 is 2.50 bits per heavy atom. The third kappa shape index (κ3) is 6.16. The zero-order chi connectivity index (χ0) is 19.1. The summed E-state index contributed by atoms with van der Waals surface area (Å²) >= 11 is 17.2. The zero-order valence-electron chi connectivity index (χ0n) is 14.5. The van der Waals surface area contributed by atoms with Gasteiger partial charge in [-0.25, -0.2) is 0 Å². The number of nitrogens with one attached hydrogen (secondary N) is 2. The van der Waals surface area contributed by atoms with E-state index in [-0.39, 0.29) is 11.0 Å². The largest absolute Gasteiger partial charge is 0.494 e. The van der Waals surface area contributed by atoms with Crippen LogP contribution in [0.4, 0.5) is 5.69 Å². The monoisotopic (exact) mass is 410 g/mol. The summed E-state index contributed by atoms with van der Waals surface area (Å²) < 4.78 is 5.64. The van der Waals surface area contributed by atoms with E-state index in [4.69, 9.17) is 40.2 Å². The summed E-state index contributed by atoms with van der Waals surface area (Å²) in [4.78, 5) is 12.3. The molecule has 2 rings (SSSR count). The predicted molar refractivity (Wildman–Crippen MR) is 112 cm³/mol. The standard InChI is InChI=1S/C19H20Cl2N2O2S/c1-12(2)10-11-25-14-8-6-13(7-9-14)18(24)23-19(26)22-16-5-3-4-15(20)17(16)21/h3-9,12H,10-11H2,1-2H3,(H2,22,23,24,26). The van der Waals surface area contributed by atoms with E-state index in [2.05, 4.69) is 24.5 Å². The van der Waals surface area contributed by atoms with Crippen molar-refractivity contribution in [2.45, 2.75) is 20.3 Å². The van der Waals surface area contributed by atoms with E-state index in [9.17, 15) is 4.79 Å². The molecule has 2 N–H and O–H groups in total. The number of anilines is 1. The van der Waals surface area contributed by atoms with E-state index in [1.165, 1.54) is 0 Å². The zero-order valence-corrected chi connectivity index (χ0v) is 16.8. The van der Waals surface area contributed by atoms with Crippen molar-refractivity contribution in [2.24, 2.45) is 5.92 Å². The Morgan fingerprint density at radius 2 is 1.85 bits per heavy atom. The van der Waals surface area contributed by atoms with Crippen LogP contribution in [0.15, 0.2) is 42.5 Å². The Balaban J connectivity index is 1.90. The number of hydrogen-bond donors (Lipinski definition) is 2. The first-order valence-corrected chi connectivity index (χ1v) is 9.32. The topological polar surface area (TPSA) is 50.4 Å². The van der Waals surface area contributed by atoms with Crippen molar-refractivity contribution in [3.8, 4) is 5.75 Å². The van der Waals surface area contributed by atoms with Gasteiger partial charge in [-0.2, -0.15) is 0 Å². The quantitative estimate of drug-likeness (QED) is 0.613. The van der Waals surface area contributed by atoms with Gasteiger partial charge in [0, 0.05) is 5.56 Å². The molecule has 0 aliphatic rings. The molecule has 4 nitrogen and oxygen atoms in total. The molecule has 0 fully saturated rings. The van der Waals surface area contributed by atoms with Gasteiger partial charge in [-0.3, -0.25) is 10.1 Å². The molecule has 0 heterocycles. The summed E-state index contributed by atoms with van der Waals surface area (Å²) in [5, 5.41) is 6.35. The Kier molecular flexibility index (Phi) is 7.69. The minimum Gasteiger partial charge on any atom is -0.494 e. The molecule has 0 bridgehead atoms. The molecule has 0 spiro atoms. The first kappa shape index (κ1) is 20.5. The van der Waals surface area contributed by atoms with Crippen molar-refractivity contribution in [1.29, 1.82) is 0 Å². The number of carbonyl (C=O) groups excluding carboxylic acids is 1. The summed E-state index contributed by atoms with van der Waals surface area (Å²) in [5.41, 5.74) is 1.00. The average Bonchev–Trinajstić information content (AvgIpc) is 2.59. The van der Waals surface area contributed by atoms with Crippen LogP contribution < -0.4 is 15.4 Å². The second-order valence-corrected chi connectivity index (χ2v) is 7.26. The maximum Gasteiger partial charge on any atom is 0.257 e. The van der Waals surface area contributed by atoms with Crippen LogP contribution in [0.25, 0.3) is 0 Å². The second kappa shape index (κ2) is 9.76. The fourth-order valence-corrected chi connectivity index (χ4v) is 2.59. The van der Waals surface area contributed by atoms with E-state index >= 15 is 0 Å². The maximum atomic E-state index is 12.3. The SMILES string of the molecule is CC(C)CCOc1ccc(C(=O)NC(=S)Nc2cccc(Cl)c2Cl)cc1. The molecule has 0 aliphatic carbocycles. The van der Waals surface area contributed by atoms with Crippen LogP contribution in [0.2, 0.25) is 10.0 Å². The Labute approximate surface area is 168 Å². The van der Waals surface area contributed by atoms with Crippen molar-refractivity contribution in [3.05, 3.63) is 58.1 Å². The average molecular weight is 411 g/mol. The number of ether oxygens (including phenoxy) is 1. The number of carbonyl (C=O) groups is 1. The molecule has 2 aromatic carbocycles. The van der Waals surface area contributed by atoms with Gasteiger partial charge in [0.05, 0.1) is 22.3 Å². The fraction of sp³-hybridized carbons (Fsp3) is 0.263. The maximum absolute atomic E-state index is 12.3. The summed E-state index contributed by atoms with van der Waals surface area (Å²) in [6, 6.07) is 12.0. The molecule has 26 heavy (non-hydrogen) atoms. The van der Waals surface area contributed by atoms with Gasteiger partial charge < -0.3 is 10.1 Å². The molecule has 7 heteroatoms. The Bertz CT molecular complexity index is 780. The van der Waals surface area contributed by atoms with Crippen LogP contribution in [0.5, 0.6) is 5.75 Å². The molecular weight excluding hydrogens is 391 g/mol. The molecule has 0 aromatic heterocycles. The van der Waals surface area contributed by atoms with E-state index in [0.29, 0.717) is 33.8 Å². The second-order valence-electron chi connectivity index (χ2n) is 6.06. The van der Waals surface area contributed by atoms with E-state index in [0.717, 1.165) is 12.2 Å². The van der Waals surface area contributed by atoms with E-state index < -0.39 is 0 Å². The third-order valence-electron chi connectivity index (χ3n) is 3.51. The van der Waals surface area contributed by atoms with Gasteiger partial charge in [0.15, 0.2) is 5.11 Å². The van der Waals surface area contributed by atoms with Crippen molar-refractivity contribution < 1.29 is 9.53 Å². The van der Waals surface area contributed by atoms with Crippen molar-refractivity contribution in [3.63, 3.8) is 0 Å². The van der Waals surface area contributed by atoms with Crippen molar-refractivity contribution >= 4 is 52.1 Å². The highest BCUT2D eigenvalue weighted by atomic mass is 35.5. The van der Waals surface area contributed by atoms with Crippen molar-refractivity contribution in [1.82, 2.24) is 5.32 Å². The smallest absolute Gasteiger partial charge is 0.257 e. The first-order chi connectivity index (χ1) is 12.4. The van der Waals surface area contributed by atoms with Gasteiger partial charge in [0.25, 0.3) is 5.91 Å². The highest BCUT2D eigenvalue weighted by molar-refractivity contribution is 7.80. The van der Waals surface area contributed by atoms with Gasteiger partial charge in [-0.1, -0.05) is 43.1 Å². The molecule has 2 aromatic rings. The highest BCUT2D eigenvalue weighted by Gasteiger charge is 2.10. The normalized spacial score (nSPS) is 10.5.